The number of hydrogen-bond acceptors (Lipinski definition) is 3. The van der Waals surface area contributed by atoms with Crippen molar-refractivity contribution in [1.82, 2.24) is 0 Å². The Morgan fingerprint density at radius 2 is 1.82 bits per heavy atom. The van der Waals surface area contributed by atoms with E-state index in [4.69, 9.17) is 21.1 Å². The summed E-state index contributed by atoms with van der Waals surface area (Å²) in [6.07, 6.45) is 0. The fraction of sp³-hybridized carbons (Fsp3) is 0.0769. The van der Waals surface area contributed by atoms with Crippen LogP contribution in [-0.4, -0.2) is 6.79 Å². The van der Waals surface area contributed by atoms with Gasteiger partial charge < -0.3 is 14.8 Å². The number of para-hydroxylation sites is 1. The van der Waals surface area contributed by atoms with Crippen LogP contribution in [0.3, 0.4) is 0 Å². The van der Waals surface area contributed by atoms with Crippen LogP contribution in [0.25, 0.3) is 0 Å². The number of fused-ring (bicyclic) bond motifs is 1. The van der Waals surface area contributed by atoms with E-state index < -0.39 is 0 Å². The number of hydrogen-bond donors (Lipinski definition) is 1. The predicted molar refractivity (Wildman–Crippen MR) is 67.3 cm³/mol. The van der Waals surface area contributed by atoms with E-state index in [1.807, 2.05) is 42.5 Å². The zero-order chi connectivity index (χ0) is 11.7. The minimum Gasteiger partial charge on any atom is -0.454 e. The van der Waals surface area contributed by atoms with Gasteiger partial charge in [-0.05, 0) is 24.3 Å². The van der Waals surface area contributed by atoms with Gasteiger partial charge in [0.1, 0.15) is 0 Å². The van der Waals surface area contributed by atoms with Gasteiger partial charge in [0.15, 0.2) is 11.5 Å². The zero-order valence-corrected chi connectivity index (χ0v) is 9.70. The summed E-state index contributed by atoms with van der Waals surface area (Å²) in [5.41, 5.74) is 1.79. The highest BCUT2D eigenvalue weighted by Crippen LogP contribution is 2.35. The molecule has 0 aliphatic carbocycles. The van der Waals surface area contributed by atoms with Crippen LogP contribution in [0, 0.1) is 0 Å². The van der Waals surface area contributed by atoms with Crippen LogP contribution in [0.4, 0.5) is 11.4 Å². The molecule has 1 heterocycles. The molecule has 1 aliphatic rings. The van der Waals surface area contributed by atoms with Crippen molar-refractivity contribution in [2.75, 3.05) is 12.1 Å². The number of rotatable bonds is 2. The number of benzene rings is 2. The number of halogens is 1. The van der Waals surface area contributed by atoms with Gasteiger partial charge in [0, 0.05) is 11.8 Å². The summed E-state index contributed by atoms with van der Waals surface area (Å²) in [7, 11) is 0. The third-order valence-corrected chi connectivity index (χ3v) is 2.86. The van der Waals surface area contributed by atoms with E-state index in [-0.39, 0.29) is 6.79 Å². The third kappa shape index (κ3) is 2.01. The molecule has 86 valence electrons. The van der Waals surface area contributed by atoms with Crippen molar-refractivity contribution >= 4 is 23.0 Å². The average molecular weight is 248 g/mol. The normalized spacial score (nSPS) is 12.5. The van der Waals surface area contributed by atoms with Gasteiger partial charge in [0.25, 0.3) is 0 Å². The van der Waals surface area contributed by atoms with E-state index in [9.17, 15) is 0 Å². The fourth-order valence-corrected chi connectivity index (χ4v) is 1.88. The van der Waals surface area contributed by atoms with Crippen molar-refractivity contribution in [3.63, 3.8) is 0 Å². The Kier molecular flexibility index (Phi) is 2.53. The molecule has 4 heteroatoms. The van der Waals surface area contributed by atoms with Crippen LogP contribution < -0.4 is 14.8 Å². The van der Waals surface area contributed by atoms with Gasteiger partial charge in [-0.2, -0.15) is 0 Å². The molecule has 0 saturated carbocycles. The zero-order valence-electron chi connectivity index (χ0n) is 8.94. The Morgan fingerprint density at radius 3 is 2.71 bits per heavy atom. The van der Waals surface area contributed by atoms with Crippen molar-refractivity contribution in [3.05, 3.63) is 47.5 Å². The predicted octanol–water partition coefficient (Wildman–Crippen LogP) is 3.81. The van der Waals surface area contributed by atoms with Crippen LogP contribution in [0.5, 0.6) is 11.5 Å². The highest BCUT2D eigenvalue weighted by molar-refractivity contribution is 6.33. The quantitative estimate of drug-likeness (QED) is 0.875. The molecule has 0 radical (unpaired) electrons. The van der Waals surface area contributed by atoms with E-state index in [2.05, 4.69) is 5.32 Å². The molecule has 0 fully saturated rings. The molecule has 0 amide bonds. The van der Waals surface area contributed by atoms with Crippen molar-refractivity contribution in [1.29, 1.82) is 0 Å². The number of nitrogens with one attached hydrogen (secondary N) is 1. The highest BCUT2D eigenvalue weighted by Gasteiger charge is 2.13. The van der Waals surface area contributed by atoms with Gasteiger partial charge in [0.05, 0.1) is 10.7 Å². The van der Waals surface area contributed by atoms with Crippen LogP contribution in [-0.2, 0) is 0 Å². The summed E-state index contributed by atoms with van der Waals surface area (Å²) in [6, 6.07) is 13.3. The molecule has 0 bridgehead atoms. The molecule has 0 spiro atoms. The Hall–Kier alpha value is -1.87. The second-order valence-electron chi connectivity index (χ2n) is 3.67. The van der Waals surface area contributed by atoms with Crippen LogP contribution in [0.2, 0.25) is 5.02 Å². The van der Waals surface area contributed by atoms with E-state index in [0.29, 0.717) is 5.02 Å². The smallest absolute Gasteiger partial charge is 0.231 e. The Bertz CT molecular complexity index is 557. The van der Waals surface area contributed by atoms with E-state index >= 15 is 0 Å². The van der Waals surface area contributed by atoms with Gasteiger partial charge in [0.2, 0.25) is 6.79 Å². The molecule has 3 nitrogen and oxygen atoms in total. The SMILES string of the molecule is Clc1ccccc1Nc1ccc2c(c1)OCO2. The molecule has 1 aliphatic heterocycles. The molecule has 2 aromatic carbocycles. The summed E-state index contributed by atoms with van der Waals surface area (Å²) < 4.78 is 10.6. The van der Waals surface area contributed by atoms with Crippen LogP contribution in [0.1, 0.15) is 0 Å². The van der Waals surface area contributed by atoms with E-state index in [0.717, 1.165) is 22.9 Å². The second kappa shape index (κ2) is 4.18. The summed E-state index contributed by atoms with van der Waals surface area (Å²) in [5, 5.41) is 3.92. The molecule has 0 atom stereocenters. The van der Waals surface area contributed by atoms with Crippen molar-refractivity contribution in [2.45, 2.75) is 0 Å². The first-order chi connectivity index (χ1) is 8.33. The standard InChI is InChI=1S/C13H10ClNO2/c14-10-3-1-2-4-11(10)15-9-5-6-12-13(7-9)17-8-16-12/h1-7,15H,8H2. The molecule has 0 unspecified atom stereocenters. The largest absolute Gasteiger partial charge is 0.454 e. The monoisotopic (exact) mass is 247 g/mol. The van der Waals surface area contributed by atoms with Gasteiger partial charge in [-0.3, -0.25) is 0 Å². The molecular weight excluding hydrogens is 238 g/mol. The summed E-state index contributed by atoms with van der Waals surface area (Å²) in [5.74, 6) is 1.52. The molecule has 0 saturated heterocycles. The average Bonchev–Trinajstić information content (AvgIpc) is 2.79. The lowest BCUT2D eigenvalue weighted by Crippen LogP contribution is -1.93. The maximum absolute atomic E-state index is 6.07. The molecule has 0 aromatic heterocycles. The Balaban J connectivity index is 1.89. The van der Waals surface area contributed by atoms with Gasteiger partial charge in [-0.1, -0.05) is 23.7 Å². The summed E-state index contributed by atoms with van der Waals surface area (Å²) in [6.45, 7) is 0.283. The lowest BCUT2D eigenvalue weighted by Gasteiger charge is -2.08. The van der Waals surface area contributed by atoms with Crippen molar-refractivity contribution < 1.29 is 9.47 Å². The molecular formula is C13H10ClNO2. The maximum Gasteiger partial charge on any atom is 0.231 e. The number of anilines is 2. The van der Waals surface area contributed by atoms with E-state index in [1.165, 1.54) is 0 Å². The second-order valence-corrected chi connectivity index (χ2v) is 4.08. The third-order valence-electron chi connectivity index (χ3n) is 2.53. The molecule has 3 rings (SSSR count). The topological polar surface area (TPSA) is 30.5 Å². The Morgan fingerprint density at radius 1 is 1.00 bits per heavy atom. The first kappa shape index (κ1) is 10.3. The Labute approximate surface area is 104 Å². The minimum absolute atomic E-state index is 0.283. The number of ether oxygens (including phenoxy) is 2. The summed E-state index contributed by atoms with van der Waals surface area (Å²) in [4.78, 5) is 0. The minimum atomic E-state index is 0.283. The van der Waals surface area contributed by atoms with Crippen molar-refractivity contribution in [3.8, 4) is 11.5 Å². The fourth-order valence-electron chi connectivity index (χ4n) is 1.69. The van der Waals surface area contributed by atoms with Crippen molar-refractivity contribution in [2.24, 2.45) is 0 Å². The highest BCUT2D eigenvalue weighted by atomic mass is 35.5. The first-order valence-corrected chi connectivity index (χ1v) is 5.62. The molecule has 1 N–H and O–H groups in total. The summed E-state index contributed by atoms with van der Waals surface area (Å²) >= 11 is 6.07. The molecule has 17 heavy (non-hydrogen) atoms. The lowest BCUT2D eigenvalue weighted by molar-refractivity contribution is 0.174. The molecule has 2 aromatic rings. The van der Waals surface area contributed by atoms with E-state index in [1.54, 1.807) is 0 Å². The van der Waals surface area contributed by atoms with Gasteiger partial charge in [-0.15, -0.1) is 0 Å². The van der Waals surface area contributed by atoms with Crippen LogP contribution >= 0.6 is 11.6 Å². The van der Waals surface area contributed by atoms with Gasteiger partial charge >= 0.3 is 0 Å². The lowest BCUT2D eigenvalue weighted by atomic mass is 10.2. The maximum atomic E-state index is 6.07. The van der Waals surface area contributed by atoms with Gasteiger partial charge in [-0.25, -0.2) is 0 Å². The van der Waals surface area contributed by atoms with Crippen LogP contribution in [0.15, 0.2) is 42.5 Å². The first-order valence-electron chi connectivity index (χ1n) is 5.24.